The third-order valence-electron chi connectivity index (χ3n) is 2.67. The van der Waals surface area contributed by atoms with Crippen LogP contribution in [0.3, 0.4) is 0 Å². The second kappa shape index (κ2) is 9.78. The molecule has 2 unspecified atom stereocenters. The van der Waals surface area contributed by atoms with Gasteiger partial charge < -0.3 is 4.90 Å². The number of benzene rings is 1. The third kappa shape index (κ3) is 6.54. The van der Waals surface area contributed by atoms with Gasteiger partial charge in [-0.3, -0.25) is 0 Å². The number of likely N-dealkylation sites (N-methyl/N-ethyl adjacent to an activating group) is 1. The maximum Gasteiger partial charge on any atom is 0.0613 e. The number of halogens is 4. The summed E-state index contributed by atoms with van der Waals surface area (Å²) in [4.78, 5) is 2.23. The van der Waals surface area contributed by atoms with Crippen LogP contribution < -0.4 is 4.90 Å². The molecule has 21 heavy (non-hydrogen) atoms. The van der Waals surface area contributed by atoms with E-state index >= 15 is 0 Å². The van der Waals surface area contributed by atoms with Crippen LogP contribution in [0.5, 0.6) is 0 Å². The summed E-state index contributed by atoms with van der Waals surface area (Å²) >= 11 is 9.55. The molecule has 1 aromatic carbocycles. The fraction of sp³-hybridized carbons (Fsp3) is 0.200. The minimum atomic E-state index is 0.483. The first-order valence-electron chi connectivity index (χ1n) is 6.10. The van der Waals surface area contributed by atoms with E-state index in [1.807, 2.05) is 6.08 Å². The molecule has 0 aromatic heterocycles. The van der Waals surface area contributed by atoms with Gasteiger partial charge in [0.25, 0.3) is 0 Å². The molecule has 1 aromatic rings. The van der Waals surface area contributed by atoms with Crippen molar-refractivity contribution in [2.45, 2.75) is 10.8 Å². The Morgan fingerprint density at radius 2 is 1.81 bits per heavy atom. The van der Waals surface area contributed by atoms with Crippen molar-refractivity contribution in [3.8, 4) is 0 Å². The quantitative estimate of drug-likeness (QED) is 0.140. The summed E-state index contributed by atoms with van der Waals surface area (Å²) < 4.78 is 4.20. The number of hydrogen-bond acceptors (Lipinski definition) is 1. The molecule has 0 bridgehead atoms. The molecular formula is C15H16I4NP. The van der Waals surface area contributed by atoms with Gasteiger partial charge in [-0.2, -0.15) is 0 Å². The van der Waals surface area contributed by atoms with Crippen molar-refractivity contribution >= 4 is 105 Å². The van der Waals surface area contributed by atoms with Crippen molar-refractivity contribution in [2.24, 2.45) is 0 Å². The zero-order valence-corrected chi connectivity index (χ0v) is 21.5. The van der Waals surface area contributed by atoms with E-state index in [-0.39, 0.29) is 0 Å². The largest absolute Gasteiger partial charge is 0.343 e. The van der Waals surface area contributed by atoms with E-state index in [4.69, 9.17) is 0 Å². The van der Waals surface area contributed by atoms with Crippen molar-refractivity contribution in [1.82, 2.24) is 0 Å². The van der Waals surface area contributed by atoms with Crippen LogP contribution in [0.1, 0.15) is 6.92 Å². The van der Waals surface area contributed by atoms with Gasteiger partial charge in [0.05, 0.1) is 5.70 Å². The van der Waals surface area contributed by atoms with E-state index < -0.39 is 0 Å². The highest BCUT2D eigenvalue weighted by atomic mass is 127. The van der Waals surface area contributed by atoms with E-state index in [0.717, 1.165) is 5.31 Å². The highest BCUT2D eigenvalue weighted by molar-refractivity contribution is 14.1. The van der Waals surface area contributed by atoms with Crippen molar-refractivity contribution < 1.29 is 0 Å². The average Bonchev–Trinajstić information content (AvgIpc) is 2.36. The topological polar surface area (TPSA) is 3.24 Å². The molecule has 0 heterocycles. The molecule has 0 aliphatic carbocycles. The van der Waals surface area contributed by atoms with Gasteiger partial charge >= 0.3 is 0 Å². The molecule has 2 atom stereocenters. The number of anilines is 1. The van der Waals surface area contributed by atoms with Gasteiger partial charge in [-0.15, -0.1) is 9.24 Å². The van der Waals surface area contributed by atoms with Gasteiger partial charge in [-0.05, 0) is 98.2 Å². The lowest BCUT2D eigenvalue weighted by atomic mass is 10.2. The van der Waals surface area contributed by atoms with Crippen LogP contribution in [0.15, 0.2) is 51.5 Å². The molecule has 0 amide bonds. The maximum atomic E-state index is 3.91. The molecule has 0 radical (unpaired) electrons. The van der Waals surface area contributed by atoms with Gasteiger partial charge in [-0.1, -0.05) is 41.3 Å². The number of alkyl halides is 1. The van der Waals surface area contributed by atoms with Gasteiger partial charge in [-0.25, -0.2) is 0 Å². The molecule has 1 rings (SSSR count). The molecule has 114 valence electrons. The van der Waals surface area contributed by atoms with Crippen LogP contribution in [0.4, 0.5) is 5.69 Å². The zero-order valence-electron chi connectivity index (χ0n) is 11.7. The minimum absolute atomic E-state index is 0.483. The Morgan fingerprint density at radius 3 is 2.24 bits per heavy atom. The third-order valence-corrected chi connectivity index (χ3v) is 5.65. The summed E-state index contributed by atoms with van der Waals surface area (Å²) in [5.41, 5.74) is 2.36. The average molecular weight is 749 g/mol. The fourth-order valence-electron chi connectivity index (χ4n) is 1.73. The Kier molecular flexibility index (Phi) is 9.61. The lowest BCUT2D eigenvalue weighted by Gasteiger charge is -2.25. The molecule has 0 spiro atoms. The van der Waals surface area contributed by atoms with Crippen LogP contribution in [0.2, 0.25) is 0 Å². The summed E-state index contributed by atoms with van der Waals surface area (Å²) in [5.74, 6) is 0. The molecule has 0 saturated heterocycles. The number of hydrogen-bond donors (Lipinski definition) is 0. The number of rotatable bonds is 5. The smallest absolute Gasteiger partial charge is 0.0613 e. The molecule has 0 fully saturated rings. The van der Waals surface area contributed by atoms with Crippen LogP contribution >= 0.6 is 99.6 Å². The standard InChI is InChI=1S/C15H16I4NP/c1-4-14(21)15(13(19)5-9(2)16)20(3)12-7-10(17)6-11(18)8-12/h4-9H,1,21H2,2-3H3/b13-5+,15-14-. The minimum Gasteiger partial charge on any atom is -0.343 e. The van der Waals surface area contributed by atoms with E-state index in [0.29, 0.717) is 3.92 Å². The second-order valence-electron chi connectivity index (χ2n) is 4.39. The lowest BCUT2D eigenvalue weighted by molar-refractivity contribution is 1.12. The Labute approximate surface area is 184 Å². The molecule has 1 nitrogen and oxygen atoms in total. The molecule has 0 N–H and O–H groups in total. The van der Waals surface area contributed by atoms with Gasteiger partial charge in [0.2, 0.25) is 0 Å². The van der Waals surface area contributed by atoms with Crippen LogP contribution in [-0.2, 0) is 0 Å². The van der Waals surface area contributed by atoms with Gasteiger partial charge in [0, 0.05) is 27.4 Å². The number of nitrogens with zero attached hydrogens (tertiary/aromatic N) is 1. The summed E-state index contributed by atoms with van der Waals surface area (Å²) in [6, 6.07) is 6.56. The Balaban J connectivity index is 3.37. The second-order valence-corrected chi connectivity index (χ2v) is 10.6. The van der Waals surface area contributed by atoms with Crippen LogP contribution in [-0.4, -0.2) is 11.0 Å². The summed E-state index contributed by atoms with van der Waals surface area (Å²) in [6.45, 7) is 6.10. The van der Waals surface area contributed by atoms with Gasteiger partial charge in [0.15, 0.2) is 0 Å². The van der Waals surface area contributed by atoms with Crippen molar-refractivity contribution in [1.29, 1.82) is 0 Å². The van der Waals surface area contributed by atoms with E-state index in [1.54, 1.807) is 0 Å². The highest BCUT2D eigenvalue weighted by Gasteiger charge is 2.14. The van der Waals surface area contributed by atoms with Crippen molar-refractivity contribution in [3.05, 3.63) is 58.7 Å². The summed E-state index contributed by atoms with van der Waals surface area (Å²) in [6.07, 6.45) is 4.15. The molecule has 0 saturated carbocycles. The molecular weight excluding hydrogens is 733 g/mol. The van der Waals surface area contributed by atoms with Crippen molar-refractivity contribution in [3.63, 3.8) is 0 Å². The normalized spacial score (nSPS) is 14.5. The van der Waals surface area contributed by atoms with E-state index in [9.17, 15) is 0 Å². The fourth-order valence-corrected chi connectivity index (χ4v) is 6.54. The van der Waals surface area contributed by atoms with Crippen LogP contribution in [0, 0.1) is 7.14 Å². The Morgan fingerprint density at radius 1 is 1.29 bits per heavy atom. The molecule has 0 aliphatic heterocycles. The molecule has 0 aliphatic rings. The summed E-state index contributed by atoms with van der Waals surface area (Å²) in [7, 11) is 4.90. The van der Waals surface area contributed by atoms with Crippen molar-refractivity contribution in [2.75, 3.05) is 11.9 Å². The maximum absolute atomic E-state index is 3.91. The summed E-state index contributed by atoms with van der Waals surface area (Å²) in [5, 5.41) is 1.10. The SMILES string of the molecule is C=C/C(P)=C(\C(I)=C/C(C)I)N(C)c1cc(I)cc(I)c1. The highest BCUT2D eigenvalue weighted by Crippen LogP contribution is 2.33. The van der Waals surface area contributed by atoms with E-state index in [1.165, 1.54) is 22.1 Å². The molecule has 6 heteroatoms. The first kappa shape index (κ1) is 20.6. The van der Waals surface area contributed by atoms with E-state index in [2.05, 4.69) is 149 Å². The Bertz CT molecular complexity index is 573. The first-order chi connectivity index (χ1) is 9.76. The predicted octanol–water partition coefficient (Wildman–Crippen LogP) is 6.75. The number of allylic oxidation sites excluding steroid dienone is 4. The Hall–Kier alpha value is 1.59. The lowest BCUT2D eigenvalue weighted by Crippen LogP contribution is -2.18. The zero-order chi connectivity index (χ0) is 16.2. The first-order valence-corrected chi connectivity index (χ1v) is 11.2. The monoisotopic (exact) mass is 749 g/mol. The van der Waals surface area contributed by atoms with Gasteiger partial charge in [0.1, 0.15) is 0 Å². The van der Waals surface area contributed by atoms with Crippen LogP contribution in [0.25, 0.3) is 0 Å². The predicted molar refractivity (Wildman–Crippen MR) is 133 cm³/mol.